The summed E-state index contributed by atoms with van der Waals surface area (Å²) in [5.74, 6) is 0.262. The molecule has 0 unspecified atom stereocenters. The second-order valence-electron chi connectivity index (χ2n) is 6.44. The molecule has 0 heterocycles. The van der Waals surface area contributed by atoms with Gasteiger partial charge in [-0.15, -0.1) is 0 Å². The summed E-state index contributed by atoms with van der Waals surface area (Å²) in [4.78, 5) is 13.0. The van der Waals surface area contributed by atoms with Crippen LogP contribution in [-0.4, -0.2) is 13.0 Å². The average molecular weight is 375 g/mol. The van der Waals surface area contributed by atoms with Crippen LogP contribution < -0.4 is 10.1 Å². The summed E-state index contributed by atoms with van der Waals surface area (Å²) in [5, 5.41) is 3.00. The Balaban J connectivity index is 1.88. The Morgan fingerprint density at radius 1 is 0.964 bits per heavy atom. The molecule has 0 saturated heterocycles. The van der Waals surface area contributed by atoms with Gasteiger partial charge >= 0.3 is 0 Å². The molecule has 0 bridgehead atoms. The molecule has 1 N–H and O–H groups in total. The number of benzene rings is 3. The Morgan fingerprint density at radius 3 is 2.21 bits per heavy atom. The fraction of sp³-hybridized carbons (Fsp3) is 0.125. The van der Waals surface area contributed by atoms with Gasteiger partial charge in [0.1, 0.15) is 11.6 Å². The van der Waals surface area contributed by atoms with Crippen LogP contribution in [0.4, 0.5) is 4.39 Å². The Kier molecular flexibility index (Phi) is 6.22. The Morgan fingerprint density at radius 2 is 1.61 bits per heavy atom. The van der Waals surface area contributed by atoms with Gasteiger partial charge in [0, 0.05) is 5.57 Å². The molecule has 0 aliphatic rings. The van der Waals surface area contributed by atoms with Crippen molar-refractivity contribution in [2.75, 3.05) is 7.11 Å². The van der Waals surface area contributed by atoms with Gasteiger partial charge in [0.25, 0.3) is 5.91 Å². The zero-order valence-electron chi connectivity index (χ0n) is 15.9. The number of hydrogen-bond donors (Lipinski definition) is 1. The van der Waals surface area contributed by atoms with Crippen LogP contribution in [0.2, 0.25) is 0 Å². The minimum atomic E-state index is -0.299. The van der Waals surface area contributed by atoms with E-state index in [0.29, 0.717) is 5.57 Å². The summed E-state index contributed by atoms with van der Waals surface area (Å²) < 4.78 is 18.3. The molecular formula is C24H22FNO2. The SMILES string of the molecule is COc1ccc(/C=C(/C(=O)N[C@@H](C)c2ccc(F)cc2)c2ccccc2)cc1. The van der Waals surface area contributed by atoms with E-state index in [1.165, 1.54) is 12.1 Å². The maximum absolute atomic E-state index is 13.2. The average Bonchev–Trinajstić information content (AvgIpc) is 2.73. The van der Waals surface area contributed by atoms with Crippen molar-refractivity contribution in [1.29, 1.82) is 0 Å². The highest BCUT2D eigenvalue weighted by Crippen LogP contribution is 2.22. The van der Waals surface area contributed by atoms with Crippen molar-refractivity contribution in [3.8, 4) is 5.75 Å². The second kappa shape index (κ2) is 9.00. The first kappa shape index (κ1) is 19.4. The monoisotopic (exact) mass is 375 g/mol. The first-order valence-electron chi connectivity index (χ1n) is 9.04. The Hall–Kier alpha value is -3.40. The van der Waals surface area contributed by atoms with Crippen LogP contribution >= 0.6 is 0 Å². The molecule has 0 aromatic heterocycles. The van der Waals surface area contributed by atoms with Gasteiger partial charge in [0.2, 0.25) is 0 Å². The second-order valence-corrected chi connectivity index (χ2v) is 6.44. The molecule has 28 heavy (non-hydrogen) atoms. The van der Waals surface area contributed by atoms with E-state index in [9.17, 15) is 9.18 Å². The molecule has 4 heteroatoms. The largest absolute Gasteiger partial charge is 0.497 e. The minimum Gasteiger partial charge on any atom is -0.497 e. The van der Waals surface area contributed by atoms with Crippen molar-refractivity contribution in [2.45, 2.75) is 13.0 Å². The van der Waals surface area contributed by atoms with E-state index in [-0.39, 0.29) is 17.8 Å². The third kappa shape index (κ3) is 4.86. The number of halogens is 1. The number of carbonyl (C=O) groups excluding carboxylic acids is 1. The van der Waals surface area contributed by atoms with Crippen LogP contribution in [-0.2, 0) is 4.79 Å². The van der Waals surface area contributed by atoms with Gasteiger partial charge in [-0.25, -0.2) is 4.39 Å². The number of nitrogens with one attached hydrogen (secondary N) is 1. The van der Waals surface area contributed by atoms with E-state index in [0.717, 1.165) is 22.4 Å². The van der Waals surface area contributed by atoms with Crippen LogP contribution in [0.3, 0.4) is 0 Å². The first-order chi connectivity index (χ1) is 13.6. The van der Waals surface area contributed by atoms with Gasteiger partial charge in [-0.05, 0) is 54.0 Å². The van der Waals surface area contributed by atoms with Crippen molar-refractivity contribution in [3.05, 3.63) is 101 Å². The van der Waals surface area contributed by atoms with E-state index in [1.807, 2.05) is 67.6 Å². The minimum absolute atomic E-state index is 0.196. The summed E-state index contributed by atoms with van der Waals surface area (Å²) >= 11 is 0. The van der Waals surface area contributed by atoms with Crippen LogP contribution in [0.1, 0.15) is 29.7 Å². The molecule has 0 aliphatic heterocycles. The molecule has 1 atom stereocenters. The van der Waals surface area contributed by atoms with Gasteiger partial charge in [-0.3, -0.25) is 4.79 Å². The molecule has 0 spiro atoms. The molecule has 3 rings (SSSR count). The van der Waals surface area contributed by atoms with Crippen LogP contribution in [0, 0.1) is 5.82 Å². The number of ether oxygens (including phenoxy) is 1. The third-order valence-electron chi connectivity index (χ3n) is 4.47. The van der Waals surface area contributed by atoms with Crippen molar-refractivity contribution in [1.82, 2.24) is 5.32 Å². The molecule has 3 aromatic rings. The molecule has 3 aromatic carbocycles. The summed E-state index contributed by atoms with van der Waals surface area (Å²) in [6, 6.07) is 22.9. The van der Waals surface area contributed by atoms with E-state index in [2.05, 4.69) is 5.32 Å². The van der Waals surface area contributed by atoms with Crippen molar-refractivity contribution in [2.24, 2.45) is 0 Å². The zero-order chi connectivity index (χ0) is 19.9. The van der Waals surface area contributed by atoms with Gasteiger partial charge in [0.05, 0.1) is 13.2 Å². The standard InChI is InChI=1S/C24H22FNO2/c1-17(19-10-12-21(25)13-11-19)26-24(27)23(20-6-4-3-5-7-20)16-18-8-14-22(28-2)15-9-18/h3-17H,1-2H3,(H,26,27)/b23-16+/t17-/m0/s1. The number of methoxy groups -OCH3 is 1. The molecule has 142 valence electrons. The van der Waals surface area contributed by atoms with Crippen LogP contribution in [0.15, 0.2) is 78.9 Å². The third-order valence-corrected chi connectivity index (χ3v) is 4.47. The zero-order valence-corrected chi connectivity index (χ0v) is 15.9. The van der Waals surface area contributed by atoms with E-state index in [1.54, 1.807) is 19.2 Å². The van der Waals surface area contributed by atoms with Crippen molar-refractivity contribution >= 4 is 17.6 Å². The molecule has 0 radical (unpaired) electrons. The lowest BCUT2D eigenvalue weighted by Gasteiger charge is -2.16. The quantitative estimate of drug-likeness (QED) is 0.472. The normalized spacial score (nSPS) is 12.3. The number of rotatable bonds is 6. The lowest BCUT2D eigenvalue weighted by molar-refractivity contribution is -0.116. The summed E-state index contributed by atoms with van der Waals surface area (Å²) in [5.41, 5.74) is 3.11. The molecule has 0 aliphatic carbocycles. The maximum Gasteiger partial charge on any atom is 0.252 e. The topological polar surface area (TPSA) is 38.3 Å². The number of hydrogen-bond acceptors (Lipinski definition) is 2. The predicted octanol–water partition coefficient (Wildman–Crippen LogP) is 5.25. The predicted molar refractivity (Wildman–Crippen MR) is 110 cm³/mol. The highest BCUT2D eigenvalue weighted by molar-refractivity contribution is 6.24. The maximum atomic E-state index is 13.2. The molecular weight excluding hydrogens is 353 g/mol. The molecule has 1 amide bonds. The first-order valence-corrected chi connectivity index (χ1v) is 9.04. The summed E-state index contributed by atoms with van der Waals surface area (Å²) in [6.07, 6.45) is 1.85. The number of amides is 1. The van der Waals surface area contributed by atoms with Gasteiger partial charge < -0.3 is 10.1 Å². The van der Waals surface area contributed by atoms with Crippen molar-refractivity contribution < 1.29 is 13.9 Å². The summed E-state index contributed by atoms with van der Waals surface area (Å²) in [6.45, 7) is 1.88. The molecule has 3 nitrogen and oxygen atoms in total. The number of carbonyl (C=O) groups is 1. The van der Waals surface area contributed by atoms with Crippen LogP contribution in [0.25, 0.3) is 11.6 Å². The van der Waals surface area contributed by atoms with Gasteiger partial charge in [-0.1, -0.05) is 54.6 Å². The fourth-order valence-electron chi connectivity index (χ4n) is 2.87. The van der Waals surface area contributed by atoms with Gasteiger partial charge in [0.15, 0.2) is 0 Å². The Bertz CT molecular complexity index is 948. The summed E-state index contributed by atoms with van der Waals surface area (Å²) in [7, 11) is 1.62. The molecule has 0 fully saturated rings. The van der Waals surface area contributed by atoms with E-state index >= 15 is 0 Å². The lowest BCUT2D eigenvalue weighted by Crippen LogP contribution is -2.27. The fourth-order valence-corrected chi connectivity index (χ4v) is 2.87. The highest BCUT2D eigenvalue weighted by Gasteiger charge is 2.16. The smallest absolute Gasteiger partial charge is 0.252 e. The van der Waals surface area contributed by atoms with E-state index < -0.39 is 0 Å². The Labute approximate surface area is 164 Å². The van der Waals surface area contributed by atoms with Gasteiger partial charge in [-0.2, -0.15) is 0 Å². The lowest BCUT2D eigenvalue weighted by atomic mass is 10.0. The van der Waals surface area contributed by atoms with Crippen molar-refractivity contribution in [3.63, 3.8) is 0 Å². The van der Waals surface area contributed by atoms with Crippen LogP contribution in [0.5, 0.6) is 5.75 Å². The highest BCUT2D eigenvalue weighted by atomic mass is 19.1. The van der Waals surface area contributed by atoms with E-state index in [4.69, 9.17) is 4.74 Å². The molecule has 0 saturated carbocycles.